The molecule has 5 heteroatoms. The first-order valence-corrected chi connectivity index (χ1v) is 7.74. The summed E-state index contributed by atoms with van der Waals surface area (Å²) in [5.74, 6) is 1.21. The maximum atomic E-state index is 12.5. The fourth-order valence-electron chi connectivity index (χ4n) is 3.44. The van der Waals surface area contributed by atoms with Crippen molar-refractivity contribution >= 4 is 5.91 Å². The number of H-pyrrole nitrogens is 1. The lowest BCUT2D eigenvalue weighted by Crippen LogP contribution is -2.44. The van der Waals surface area contributed by atoms with Gasteiger partial charge < -0.3 is 10.6 Å². The molecule has 5 nitrogen and oxygen atoms in total. The minimum atomic E-state index is -0.0165. The Labute approximate surface area is 119 Å². The molecule has 0 aromatic carbocycles. The highest BCUT2D eigenvalue weighted by Crippen LogP contribution is 2.29. The van der Waals surface area contributed by atoms with Crippen LogP contribution >= 0.6 is 0 Å². The Kier molecular flexibility index (Phi) is 3.78. The maximum absolute atomic E-state index is 12.5. The summed E-state index contributed by atoms with van der Waals surface area (Å²) < 4.78 is 0. The van der Waals surface area contributed by atoms with Gasteiger partial charge in [0.1, 0.15) is 0 Å². The first kappa shape index (κ1) is 13.6. The van der Waals surface area contributed by atoms with E-state index in [1.165, 1.54) is 12.8 Å². The van der Waals surface area contributed by atoms with Gasteiger partial charge >= 0.3 is 0 Å². The lowest BCUT2D eigenvalue weighted by molar-refractivity contribution is 0.0884. The number of aromatic amines is 1. The second-order valence-electron chi connectivity index (χ2n) is 6.30. The molecule has 20 heavy (non-hydrogen) atoms. The number of nitrogens with zero attached hydrogens (tertiary/aromatic N) is 1. The molecule has 3 atom stereocenters. The standard InChI is InChI=1S/C15H24N4O/c1-9-4-3-5-12(10(9)2)17-15(20)14-11-8-16-7-6-13(11)18-19-14/h9-10,12,16H,3-8H2,1-2H3,(H,17,20)(H,18,19). The number of carbonyl (C=O) groups is 1. The number of aromatic nitrogens is 2. The Morgan fingerprint density at radius 3 is 3.05 bits per heavy atom. The second kappa shape index (κ2) is 5.56. The van der Waals surface area contributed by atoms with Gasteiger partial charge in [-0.05, 0) is 18.3 Å². The fraction of sp³-hybridized carbons (Fsp3) is 0.733. The van der Waals surface area contributed by atoms with Crippen molar-refractivity contribution in [1.29, 1.82) is 0 Å². The van der Waals surface area contributed by atoms with Crippen molar-refractivity contribution in [1.82, 2.24) is 20.8 Å². The predicted octanol–water partition coefficient (Wildman–Crippen LogP) is 1.61. The number of hydrogen-bond acceptors (Lipinski definition) is 3. The van der Waals surface area contributed by atoms with Crippen LogP contribution in [0.4, 0.5) is 0 Å². The maximum Gasteiger partial charge on any atom is 0.272 e. The van der Waals surface area contributed by atoms with E-state index in [-0.39, 0.29) is 11.9 Å². The van der Waals surface area contributed by atoms with Gasteiger partial charge in [-0.2, -0.15) is 5.10 Å². The molecule has 1 amide bonds. The first-order valence-electron chi connectivity index (χ1n) is 7.74. The quantitative estimate of drug-likeness (QED) is 0.768. The number of nitrogens with one attached hydrogen (secondary N) is 3. The van der Waals surface area contributed by atoms with Crippen LogP contribution in [0.3, 0.4) is 0 Å². The average Bonchev–Trinajstić information content (AvgIpc) is 2.88. The molecule has 2 heterocycles. The third-order valence-corrected chi connectivity index (χ3v) is 5.04. The molecular formula is C15H24N4O. The van der Waals surface area contributed by atoms with Gasteiger partial charge in [-0.25, -0.2) is 0 Å². The Morgan fingerprint density at radius 2 is 2.20 bits per heavy atom. The normalized spacial score (nSPS) is 29.8. The molecule has 3 N–H and O–H groups in total. The van der Waals surface area contributed by atoms with Crippen LogP contribution in [0, 0.1) is 11.8 Å². The molecule has 2 aliphatic rings. The van der Waals surface area contributed by atoms with E-state index in [9.17, 15) is 4.79 Å². The van der Waals surface area contributed by atoms with E-state index >= 15 is 0 Å². The molecule has 1 aromatic heterocycles. The van der Waals surface area contributed by atoms with Gasteiger partial charge in [-0.1, -0.05) is 26.7 Å². The number of rotatable bonds is 2. The van der Waals surface area contributed by atoms with Crippen LogP contribution in [0.25, 0.3) is 0 Å². The summed E-state index contributed by atoms with van der Waals surface area (Å²) in [4.78, 5) is 12.5. The van der Waals surface area contributed by atoms with Crippen LogP contribution in [0.5, 0.6) is 0 Å². The van der Waals surface area contributed by atoms with Crippen LogP contribution in [0.15, 0.2) is 0 Å². The molecule has 0 radical (unpaired) electrons. The summed E-state index contributed by atoms with van der Waals surface area (Å²) in [6.45, 7) is 6.22. The van der Waals surface area contributed by atoms with Gasteiger partial charge in [0.25, 0.3) is 5.91 Å². The average molecular weight is 276 g/mol. The molecular weight excluding hydrogens is 252 g/mol. The van der Waals surface area contributed by atoms with E-state index in [0.29, 0.717) is 17.5 Å². The van der Waals surface area contributed by atoms with Gasteiger partial charge in [0.2, 0.25) is 0 Å². The monoisotopic (exact) mass is 276 g/mol. The van der Waals surface area contributed by atoms with Crippen LogP contribution < -0.4 is 10.6 Å². The molecule has 0 spiro atoms. The van der Waals surface area contributed by atoms with E-state index in [0.717, 1.165) is 37.2 Å². The smallest absolute Gasteiger partial charge is 0.272 e. The van der Waals surface area contributed by atoms with Gasteiger partial charge in [-0.15, -0.1) is 0 Å². The summed E-state index contributed by atoms with van der Waals surface area (Å²) in [5, 5.41) is 13.7. The van der Waals surface area contributed by atoms with Crippen molar-refractivity contribution in [2.75, 3.05) is 6.54 Å². The number of hydrogen-bond donors (Lipinski definition) is 3. The zero-order valence-electron chi connectivity index (χ0n) is 12.3. The summed E-state index contributed by atoms with van der Waals surface area (Å²) in [6.07, 6.45) is 4.49. The number of fused-ring (bicyclic) bond motifs is 1. The Hall–Kier alpha value is -1.36. The fourth-order valence-corrected chi connectivity index (χ4v) is 3.44. The number of carbonyl (C=O) groups excluding carboxylic acids is 1. The zero-order valence-corrected chi connectivity index (χ0v) is 12.3. The Bertz CT molecular complexity index is 496. The third-order valence-electron chi connectivity index (χ3n) is 5.04. The Morgan fingerprint density at radius 1 is 1.35 bits per heavy atom. The highest BCUT2D eigenvalue weighted by atomic mass is 16.2. The lowest BCUT2D eigenvalue weighted by atomic mass is 9.78. The van der Waals surface area contributed by atoms with Crippen molar-refractivity contribution < 1.29 is 4.79 Å². The van der Waals surface area contributed by atoms with Crippen molar-refractivity contribution in [3.05, 3.63) is 17.0 Å². The SMILES string of the molecule is CC1CCCC(NC(=O)c2n[nH]c3c2CNCC3)C1C. The minimum absolute atomic E-state index is 0.0165. The largest absolute Gasteiger partial charge is 0.348 e. The summed E-state index contributed by atoms with van der Waals surface area (Å²) >= 11 is 0. The summed E-state index contributed by atoms with van der Waals surface area (Å²) in [7, 11) is 0. The molecule has 1 aliphatic carbocycles. The van der Waals surface area contributed by atoms with Gasteiger partial charge in [0, 0.05) is 36.8 Å². The van der Waals surface area contributed by atoms with Crippen LogP contribution in [-0.2, 0) is 13.0 Å². The van der Waals surface area contributed by atoms with Crippen LogP contribution in [0.2, 0.25) is 0 Å². The van der Waals surface area contributed by atoms with E-state index in [1.807, 2.05) is 0 Å². The third kappa shape index (κ3) is 2.46. The molecule has 1 fully saturated rings. The molecule has 3 rings (SSSR count). The summed E-state index contributed by atoms with van der Waals surface area (Å²) in [5.41, 5.74) is 2.74. The van der Waals surface area contributed by atoms with Crippen molar-refractivity contribution in [2.45, 2.75) is 52.1 Å². The molecule has 1 aromatic rings. The number of amides is 1. The van der Waals surface area contributed by atoms with Crippen molar-refractivity contribution in [3.63, 3.8) is 0 Å². The van der Waals surface area contributed by atoms with Gasteiger partial charge in [0.15, 0.2) is 5.69 Å². The predicted molar refractivity (Wildman–Crippen MR) is 77.4 cm³/mol. The van der Waals surface area contributed by atoms with E-state index in [4.69, 9.17) is 0 Å². The second-order valence-corrected chi connectivity index (χ2v) is 6.30. The molecule has 1 aliphatic heterocycles. The Balaban J connectivity index is 1.71. The first-order chi connectivity index (χ1) is 9.66. The minimum Gasteiger partial charge on any atom is -0.348 e. The van der Waals surface area contributed by atoms with Crippen molar-refractivity contribution in [3.8, 4) is 0 Å². The highest BCUT2D eigenvalue weighted by molar-refractivity contribution is 5.94. The van der Waals surface area contributed by atoms with Gasteiger partial charge in [0.05, 0.1) is 0 Å². The molecule has 0 saturated heterocycles. The van der Waals surface area contributed by atoms with Crippen LogP contribution in [-0.4, -0.2) is 28.7 Å². The van der Waals surface area contributed by atoms with Crippen LogP contribution in [0.1, 0.15) is 54.9 Å². The lowest BCUT2D eigenvalue weighted by Gasteiger charge is -2.34. The van der Waals surface area contributed by atoms with E-state index < -0.39 is 0 Å². The van der Waals surface area contributed by atoms with E-state index in [1.54, 1.807) is 0 Å². The highest BCUT2D eigenvalue weighted by Gasteiger charge is 2.30. The van der Waals surface area contributed by atoms with Gasteiger partial charge in [-0.3, -0.25) is 9.89 Å². The molecule has 0 bridgehead atoms. The molecule has 3 unspecified atom stereocenters. The topological polar surface area (TPSA) is 69.8 Å². The zero-order chi connectivity index (χ0) is 14.1. The van der Waals surface area contributed by atoms with E-state index in [2.05, 4.69) is 34.7 Å². The molecule has 1 saturated carbocycles. The van der Waals surface area contributed by atoms with Crippen molar-refractivity contribution in [2.24, 2.45) is 11.8 Å². The molecule has 110 valence electrons. The summed E-state index contributed by atoms with van der Waals surface area (Å²) in [6, 6.07) is 0.287.